The van der Waals surface area contributed by atoms with E-state index in [9.17, 15) is 14.0 Å². The first kappa shape index (κ1) is 16.5. The van der Waals surface area contributed by atoms with E-state index in [1.54, 1.807) is 12.1 Å². The van der Waals surface area contributed by atoms with Crippen molar-refractivity contribution in [2.24, 2.45) is 11.3 Å². The summed E-state index contributed by atoms with van der Waals surface area (Å²) in [6.45, 7) is 6.89. The maximum absolute atomic E-state index is 13.1. The molecule has 0 radical (unpaired) electrons. The Hall–Kier alpha value is -1.91. The zero-order valence-electron chi connectivity index (χ0n) is 13.4. The zero-order valence-corrected chi connectivity index (χ0v) is 13.4. The molecule has 0 aromatic heterocycles. The van der Waals surface area contributed by atoms with Gasteiger partial charge in [0.25, 0.3) is 0 Å². The molecule has 0 saturated carbocycles. The van der Waals surface area contributed by atoms with Crippen LogP contribution in [0.15, 0.2) is 24.3 Å². The summed E-state index contributed by atoms with van der Waals surface area (Å²) < 4.78 is 13.1. The fourth-order valence-corrected chi connectivity index (χ4v) is 2.63. The first-order valence-corrected chi connectivity index (χ1v) is 7.63. The molecule has 4 nitrogen and oxygen atoms in total. The Morgan fingerprint density at radius 2 is 1.86 bits per heavy atom. The third-order valence-electron chi connectivity index (χ3n) is 3.89. The third-order valence-corrected chi connectivity index (χ3v) is 3.89. The van der Waals surface area contributed by atoms with Gasteiger partial charge in [-0.1, -0.05) is 26.8 Å². The van der Waals surface area contributed by atoms with Crippen LogP contribution in [0.3, 0.4) is 0 Å². The van der Waals surface area contributed by atoms with Crippen molar-refractivity contribution in [2.75, 3.05) is 18.4 Å². The molecule has 0 bridgehead atoms. The van der Waals surface area contributed by atoms with Gasteiger partial charge in [-0.25, -0.2) is 4.39 Å². The number of nitrogens with one attached hydrogen (secondary N) is 1. The quantitative estimate of drug-likeness (QED) is 0.913. The van der Waals surface area contributed by atoms with Gasteiger partial charge in [0.15, 0.2) is 0 Å². The maximum Gasteiger partial charge on any atom is 0.227 e. The molecule has 1 heterocycles. The number of nitrogens with zero attached hydrogens (tertiary/aromatic N) is 1. The van der Waals surface area contributed by atoms with Gasteiger partial charge < -0.3 is 10.2 Å². The number of carbonyl (C=O) groups is 2. The third kappa shape index (κ3) is 4.06. The molecule has 1 aliphatic rings. The minimum atomic E-state index is -0.392. The second kappa shape index (κ2) is 6.46. The van der Waals surface area contributed by atoms with E-state index < -0.39 is 5.41 Å². The zero-order chi connectivity index (χ0) is 16.3. The lowest BCUT2D eigenvalue weighted by Crippen LogP contribution is -2.45. The Morgan fingerprint density at radius 1 is 1.23 bits per heavy atom. The summed E-state index contributed by atoms with van der Waals surface area (Å²) in [7, 11) is 0. The van der Waals surface area contributed by atoms with Crippen molar-refractivity contribution in [3.05, 3.63) is 30.1 Å². The fourth-order valence-electron chi connectivity index (χ4n) is 2.63. The van der Waals surface area contributed by atoms with Crippen molar-refractivity contribution in [2.45, 2.75) is 33.6 Å². The molecule has 1 aromatic rings. The molecular weight excluding hydrogens is 283 g/mol. The molecule has 0 aliphatic carbocycles. The van der Waals surface area contributed by atoms with Gasteiger partial charge >= 0.3 is 0 Å². The van der Waals surface area contributed by atoms with E-state index in [1.807, 2.05) is 25.7 Å². The summed E-state index contributed by atoms with van der Waals surface area (Å²) in [5.74, 6) is -0.486. The average Bonchev–Trinajstić information content (AvgIpc) is 2.45. The number of anilines is 1. The summed E-state index contributed by atoms with van der Waals surface area (Å²) in [6, 6.07) is 5.87. The Balaban J connectivity index is 1.89. The Morgan fingerprint density at radius 3 is 2.41 bits per heavy atom. The minimum absolute atomic E-state index is 0.103. The number of carbonyl (C=O) groups excluding carboxylic acids is 2. The molecule has 1 N–H and O–H groups in total. The van der Waals surface area contributed by atoms with Gasteiger partial charge in [0.2, 0.25) is 11.8 Å². The SMILES string of the molecule is CC(C)(C)C(=O)N1CCC(C(=O)Nc2cccc(F)c2)CC1. The second-order valence-electron chi connectivity index (χ2n) is 6.82. The molecule has 22 heavy (non-hydrogen) atoms. The van der Waals surface area contributed by atoms with Gasteiger partial charge in [0, 0.05) is 30.1 Å². The monoisotopic (exact) mass is 306 g/mol. The average molecular weight is 306 g/mol. The molecule has 2 amide bonds. The number of likely N-dealkylation sites (tertiary alicyclic amines) is 1. The minimum Gasteiger partial charge on any atom is -0.342 e. The maximum atomic E-state index is 13.1. The fraction of sp³-hybridized carbons (Fsp3) is 0.529. The first-order valence-electron chi connectivity index (χ1n) is 7.63. The number of amides is 2. The highest BCUT2D eigenvalue weighted by atomic mass is 19.1. The number of rotatable bonds is 2. The highest BCUT2D eigenvalue weighted by molar-refractivity contribution is 5.92. The van der Waals surface area contributed by atoms with Gasteiger partial charge in [-0.2, -0.15) is 0 Å². The summed E-state index contributed by atoms with van der Waals surface area (Å²) in [4.78, 5) is 26.2. The molecular formula is C17H23FN2O2. The lowest BCUT2D eigenvalue weighted by Gasteiger charge is -2.35. The molecule has 0 spiro atoms. The normalized spacial score (nSPS) is 16.5. The molecule has 1 aliphatic heterocycles. The van der Waals surface area contributed by atoms with E-state index in [0.717, 1.165) is 0 Å². The van der Waals surface area contributed by atoms with E-state index in [-0.39, 0.29) is 23.5 Å². The van der Waals surface area contributed by atoms with Gasteiger partial charge in [0.1, 0.15) is 5.82 Å². The lowest BCUT2D eigenvalue weighted by molar-refractivity contribution is -0.142. The molecule has 1 aromatic carbocycles. The van der Waals surface area contributed by atoms with Crippen LogP contribution in [0.1, 0.15) is 33.6 Å². The van der Waals surface area contributed by atoms with Gasteiger partial charge in [0.05, 0.1) is 0 Å². The standard InChI is InChI=1S/C17H23FN2O2/c1-17(2,3)16(22)20-9-7-12(8-10-20)15(21)19-14-6-4-5-13(18)11-14/h4-6,11-12H,7-10H2,1-3H3,(H,19,21). The highest BCUT2D eigenvalue weighted by Crippen LogP contribution is 2.24. The van der Waals surface area contributed by atoms with Crippen LogP contribution in [0.2, 0.25) is 0 Å². The van der Waals surface area contributed by atoms with Crippen molar-refractivity contribution in [1.29, 1.82) is 0 Å². The molecule has 120 valence electrons. The summed E-state index contributed by atoms with van der Waals surface area (Å²) >= 11 is 0. The van der Waals surface area contributed by atoms with Crippen molar-refractivity contribution in [3.63, 3.8) is 0 Å². The number of hydrogen-bond acceptors (Lipinski definition) is 2. The first-order chi connectivity index (χ1) is 10.3. The van der Waals surface area contributed by atoms with Crippen LogP contribution >= 0.6 is 0 Å². The highest BCUT2D eigenvalue weighted by Gasteiger charge is 2.32. The molecule has 0 unspecified atom stereocenters. The molecule has 5 heteroatoms. The summed E-state index contributed by atoms with van der Waals surface area (Å²) in [6.07, 6.45) is 1.28. The number of piperidine rings is 1. The van der Waals surface area contributed by atoms with Crippen molar-refractivity contribution < 1.29 is 14.0 Å². The number of benzene rings is 1. The molecule has 1 fully saturated rings. The van der Waals surface area contributed by atoms with Crippen LogP contribution in [-0.4, -0.2) is 29.8 Å². The molecule has 0 atom stereocenters. The number of halogens is 1. The van der Waals surface area contributed by atoms with E-state index in [1.165, 1.54) is 12.1 Å². The van der Waals surface area contributed by atoms with E-state index in [2.05, 4.69) is 5.32 Å². The van der Waals surface area contributed by atoms with Gasteiger partial charge in [-0.3, -0.25) is 9.59 Å². The van der Waals surface area contributed by atoms with Gasteiger partial charge in [-0.05, 0) is 31.0 Å². The van der Waals surface area contributed by atoms with E-state index in [4.69, 9.17) is 0 Å². The number of hydrogen-bond donors (Lipinski definition) is 1. The predicted octanol–water partition coefficient (Wildman–Crippen LogP) is 3.05. The van der Waals surface area contributed by atoms with E-state index in [0.29, 0.717) is 31.6 Å². The Labute approximate surface area is 130 Å². The van der Waals surface area contributed by atoms with Crippen LogP contribution in [-0.2, 0) is 9.59 Å². The van der Waals surface area contributed by atoms with Crippen LogP contribution in [0.5, 0.6) is 0 Å². The van der Waals surface area contributed by atoms with Gasteiger partial charge in [-0.15, -0.1) is 0 Å². The molecule has 1 saturated heterocycles. The second-order valence-corrected chi connectivity index (χ2v) is 6.82. The predicted molar refractivity (Wildman–Crippen MR) is 83.8 cm³/mol. The lowest BCUT2D eigenvalue weighted by atomic mass is 9.90. The van der Waals surface area contributed by atoms with Crippen molar-refractivity contribution in [3.8, 4) is 0 Å². The topological polar surface area (TPSA) is 49.4 Å². The van der Waals surface area contributed by atoms with Crippen molar-refractivity contribution in [1.82, 2.24) is 4.90 Å². The van der Waals surface area contributed by atoms with Crippen LogP contribution in [0, 0.1) is 17.2 Å². The summed E-state index contributed by atoms with van der Waals surface area (Å²) in [5.41, 5.74) is 0.0784. The largest absolute Gasteiger partial charge is 0.342 e. The van der Waals surface area contributed by atoms with E-state index >= 15 is 0 Å². The smallest absolute Gasteiger partial charge is 0.227 e. The van der Waals surface area contributed by atoms with Crippen LogP contribution < -0.4 is 5.32 Å². The summed E-state index contributed by atoms with van der Waals surface area (Å²) in [5, 5.41) is 2.74. The van der Waals surface area contributed by atoms with Crippen molar-refractivity contribution >= 4 is 17.5 Å². The van der Waals surface area contributed by atoms with Crippen LogP contribution in [0.25, 0.3) is 0 Å². The van der Waals surface area contributed by atoms with Crippen LogP contribution in [0.4, 0.5) is 10.1 Å². The molecule has 2 rings (SSSR count). The Kier molecular flexibility index (Phi) is 4.84. The Bertz CT molecular complexity index is 558.